The lowest BCUT2D eigenvalue weighted by molar-refractivity contribution is 1.36. The predicted octanol–water partition coefficient (Wildman–Crippen LogP) is 10.2. The molecule has 0 spiro atoms. The molecule has 0 aliphatic rings. The molecule has 0 amide bonds. The van der Waals surface area contributed by atoms with E-state index >= 15 is 0 Å². The van der Waals surface area contributed by atoms with Crippen LogP contribution in [0.3, 0.4) is 0 Å². The van der Waals surface area contributed by atoms with Gasteiger partial charge >= 0.3 is 0 Å². The first-order chi connectivity index (χ1) is 19.7. The first kappa shape index (κ1) is 24.1. The summed E-state index contributed by atoms with van der Waals surface area (Å²) in [6.45, 7) is 5.87. The van der Waals surface area contributed by atoms with Gasteiger partial charge in [0.25, 0.3) is 0 Å². The summed E-state index contributed by atoms with van der Waals surface area (Å²) < 4.78 is 1.24. The van der Waals surface area contributed by atoms with Crippen LogP contribution < -0.4 is 0 Å². The minimum atomic E-state index is 0.921. The largest absolute Gasteiger partial charge is 0.246 e. The van der Waals surface area contributed by atoms with Crippen LogP contribution in [-0.2, 0) is 0 Å². The number of aliphatic imine (C=N–C) groups is 1. The molecule has 0 fully saturated rings. The highest BCUT2D eigenvalue weighted by Gasteiger charge is 2.11. The van der Waals surface area contributed by atoms with Gasteiger partial charge in [-0.05, 0) is 53.3 Å². The van der Waals surface area contributed by atoms with Crippen LogP contribution in [0.15, 0.2) is 127 Å². The van der Waals surface area contributed by atoms with Crippen LogP contribution in [-0.4, -0.2) is 16.2 Å². The molecule has 0 radical (unpaired) electrons. The van der Waals surface area contributed by atoms with E-state index < -0.39 is 0 Å². The van der Waals surface area contributed by atoms with Gasteiger partial charge in [-0.25, -0.2) is 15.0 Å². The van der Waals surface area contributed by atoms with E-state index in [9.17, 15) is 0 Å². The molecular weight excluding hydrogens is 506 g/mol. The highest BCUT2D eigenvalue weighted by Crippen LogP contribution is 2.39. The van der Waals surface area contributed by atoms with Gasteiger partial charge in [0.2, 0.25) is 0 Å². The second kappa shape index (κ2) is 9.99. The number of allylic oxidation sites excluding steroid dienone is 1. The van der Waals surface area contributed by atoms with Crippen LogP contribution in [0, 0.1) is 6.92 Å². The Hall–Kier alpha value is -4.93. The third kappa shape index (κ3) is 4.29. The smallest absolute Gasteiger partial charge is 0.120 e. The Balaban J connectivity index is 1.26. The fourth-order valence-corrected chi connectivity index (χ4v) is 6.21. The number of hydrogen-bond donors (Lipinski definition) is 0. The average molecular weight is 532 g/mol. The summed E-state index contributed by atoms with van der Waals surface area (Å²) in [6.07, 6.45) is 3.46. The number of pyridine rings is 2. The lowest BCUT2D eigenvalue weighted by Crippen LogP contribution is -1.91. The Kier molecular flexibility index (Phi) is 6.03. The Bertz CT molecular complexity index is 2070. The lowest BCUT2D eigenvalue weighted by atomic mass is 10.0. The molecule has 7 aromatic rings. The summed E-state index contributed by atoms with van der Waals surface area (Å²) in [5.41, 5.74) is 9.48. The van der Waals surface area contributed by atoms with Crippen LogP contribution >= 0.6 is 11.3 Å². The van der Waals surface area contributed by atoms with Crippen molar-refractivity contribution in [3.63, 3.8) is 0 Å². The second-order valence-electron chi connectivity index (χ2n) is 9.80. The number of benzene rings is 4. The Morgan fingerprint density at radius 1 is 0.650 bits per heavy atom. The Morgan fingerprint density at radius 2 is 1.23 bits per heavy atom. The number of aromatic nitrogens is 2. The van der Waals surface area contributed by atoms with E-state index in [1.165, 1.54) is 26.8 Å². The molecule has 4 aromatic carbocycles. The maximum absolute atomic E-state index is 5.11. The van der Waals surface area contributed by atoms with Crippen molar-refractivity contribution in [2.75, 3.05) is 0 Å². The maximum Gasteiger partial charge on any atom is 0.120 e. The summed E-state index contributed by atoms with van der Waals surface area (Å²) in [7, 11) is 0. The molecule has 190 valence electrons. The predicted molar refractivity (Wildman–Crippen MR) is 172 cm³/mol. The zero-order valence-electron chi connectivity index (χ0n) is 22.0. The summed E-state index contributed by atoms with van der Waals surface area (Å²) in [4.78, 5) is 14.7. The average Bonchev–Trinajstić information content (AvgIpc) is 3.34. The molecule has 3 heterocycles. The van der Waals surface area contributed by atoms with Crippen molar-refractivity contribution in [3.05, 3.63) is 127 Å². The highest BCUT2D eigenvalue weighted by atomic mass is 32.1. The van der Waals surface area contributed by atoms with Gasteiger partial charge in [0.15, 0.2) is 0 Å². The monoisotopic (exact) mass is 531 g/mol. The molecule has 4 heteroatoms. The van der Waals surface area contributed by atoms with Gasteiger partial charge in [-0.3, -0.25) is 0 Å². The summed E-state index contributed by atoms with van der Waals surface area (Å²) >= 11 is 1.71. The van der Waals surface area contributed by atoms with E-state index in [0.29, 0.717) is 0 Å². The number of rotatable bonds is 5. The minimum Gasteiger partial charge on any atom is -0.246 e. The van der Waals surface area contributed by atoms with Crippen LogP contribution in [0.25, 0.3) is 65.5 Å². The number of fused-ring (bicyclic) bond motifs is 4. The van der Waals surface area contributed by atoms with Gasteiger partial charge in [0.1, 0.15) is 5.00 Å². The summed E-state index contributed by atoms with van der Waals surface area (Å²) in [6, 6.07) is 38.3. The van der Waals surface area contributed by atoms with Crippen molar-refractivity contribution >= 4 is 54.4 Å². The van der Waals surface area contributed by atoms with E-state index in [4.69, 9.17) is 9.97 Å². The molecule has 0 N–H and O–H groups in total. The summed E-state index contributed by atoms with van der Waals surface area (Å²) in [5.74, 6) is 0. The number of aryl methyl sites for hydroxylation is 1. The van der Waals surface area contributed by atoms with Crippen molar-refractivity contribution in [2.24, 2.45) is 4.99 Å². The number of nitrogens with zero attached hydrogens (tertiary/aromatic N) is 3. The summed E-state index contributed by atoms with van der Waals surface area (Å²) in [5, 5.41) is 4.45. The van der Waals surface area contributed by atoms with Crippen molar-refractivity contribution in [1.82, 2.24) is 9.97 Å². The molecule has 3 nitrogen and oxygen atoms in total. The van der Waals surface area contributed by atoms with Gasteiger partial charge in [0, 0.05) is 32.8 Å². The van der Waals surface area contributed by atoms with Crippen LogP contribution in [0.4, 0.5) is 5.00 Å². The van der Waals surface area contributed by atoms with Gasteiger partial charge < -0.3 is 0 Å². The second-order valence-corrected chi connectivity index (χ2v) is 10.8. The first-order valence-corrected chi connectivity index (χ1v) is 14.0. The number of hydrogen-bond acceptors (Lipinski definition) is 4. The normalized spacial score (nSPS) is 11.6. The van der Waals surface area contributed by atoms with E-state index in [0.717, 1.165) is 49.3 Å². The van der Waals surface area contributed by atoms with Crippen LogP contribution in [0.1, 0.15) is 5.56 Å². The van der Waals surface area contributed by atoms with Crippen molar-refractivity contribution in [3.8, 4) is 33.6 Å². The molecule has 0 bridgehead atoms. The van der Waals surface area contributed by atoms with Crippen molar-refractivity contribution < 1.29 is 0 Å². The maximum atomic E-state index is 5.11. The third-order valence-electron chi connectivity index (χ3n) is 7.31. The van der Waals surface area contributed by atoms with Crippen molar-refractivity contribution in [2.45, 2.75) is 6.92 Å². The van der Waals surface area contributed by atoms with Crippen LogP contribution in [0.5, 0.6) is 0 Å². The van der Waals surface area contributed by atoms with E-state index in [1.54, 1.807) is 23.6 Å². The quantitative estimate of drug-likeness (QED) is 0.164. The lowest BCUT2D eigenvalue weighted by Gasteiger charge is -2.09. The van der Waals surface area contributed by atoms with E-state index in [-0.39, 0.29) is 0 Å². The van der Waals surface area contributed by atoms with E-state index in [1.807, 2.05) is 18.2 Å². The zero-order valence-corrected chi connectivity index (χ0v) is 22.8. The van der Waals surface area contributed by atoms with Gasteiger partial charge in [-0.1, -0.05) is 97.6 Å². The molecule has 0 atom stereocenters. The Labute approximate surface area is 236 Å². The standard InChI is InChI=1S/C36H25N3S/c1-3-21-37-36-23(2)30-22-29(17-20-33(30)40-36)24-9-11-26(12-10-24)32-19-16-28-14-13-27-15-18-31(25-7-5-4-6-8-25)38-34(27)35(28)39-32/h3-22H,1H2,2H3/b37-21-. The molecule has 3 aromatic heterocycles. The minimum absolute atomic E-state index is 0.921. The third-order valence-corrected chi connectivity index (χ3v) is 8.49. The molecule has 0 aliphatic carbocycles. The molecule has 0 saturated carbocycles. The molecule has 0 saturated heterocycles. The molecule has 0 aliphatic heterocycles. The molecule has 0 unspecified atom stereocenters. The fourth-order valence-electron chi connectivity index (χ4n) is 5.16. The van der Waals surface area contributed by atoms with Crippen molar-refractivity contribution in [1.29, 1.82) is 0 Å². The van der Waals surface area contributed by atoms with Gasteiger partial charge in [-0.15, -0.1) is 11.3 Å². The molecule has 40 heavy (non-hydrogen) atoms. The zero-order chi connectivity index (χ0) is 27.1. The molecule has 7 rings (SSSR count). The SMILES string of the molecule is C=C/C=N\c1sc2ccc(-c3ccc(-c4ccc5ccc6ccc(-c7ccccc7)nc6c5n4)cc3)cc2c1C. The van der Waals surface area contributed by atoms with E-state index in [2.05, 4.69) is 109 Å². The van der Waals surface area contributed by atoms with Gasteiger partial charge in [-0.2, -0.15) is 0 Å². The molecular formula is C36H25N3S. The fraction of sp³-hybridized carbons (Fsp3) is 0.0278. The number of thiophene rings is 1. The Morgan fingerprint density at radius 3 is 1.88 bits per heavy atom. The van der Waals surface area contributed by atoms with Crippen LogP contribution in [0.2, 0.25) is 0 Å². The first-order valence-electron chi connectivity index (χ1n) is 13.2. The highest BCUT2D eigenvalue weighted by molar-refractivity contribution is 7.22. The van der Waals surface area contributed by atoms with Gasteiger partial charge in [0.05, 0.1) is 22.4 Å². The topological polar surface area (TPSA) is 38.1 Å².